The number of hydrogen-bond acceptors (Lipinski definition) is 6. The highest BCUT2D eigenvalue weighted by molar-refractivity contribution is 9.09. The molecule has 3 aliphatic heterocycles. The van der Waals surface area contributed by atoms with Crippen molar-refractivity contribution < 1.29 is 29.0 Å². The van der Waals surface area contributed by atoms with E-state index in [1.54, 1.807) is 11.0 Å². The molecule has 9 heteroatoms. The fraction of sp³-hybridized carbons (Fsp3) is 0.767. The number of carbonyl (C=O) groups is 3. The summed E-state index contributed by atoms with van der Waals surface area (Å²) in [6, 6.07) is -0.679. The van der Waals surface area contributed by atoms with Crippen LogP contribution < -0.4 is 0 Å². The molecule has 4 aliphatic rings. The summed E-state index contributed by atoms with van der Waals surface area (Å²) in [7, 11) is 0. The van der Waals surface area contributed by atoms with Gasteiger partial charge in [-0.1, -0.05) is 47.3 Å². The second-order valence-electron chi connectivity index (χ2n) is 11.5. The van der Waals surface area contributed by atoms with Crippen LogP contribution in [0.5, 0.6) is 0 Å². The molecule has 39 heavy (non-hydrogen) atoms. The molecule has 1 saturated carbocycles. The van der Waals surface area contributed by atoms with Crippen molar-refractivity contribution >= 4 is 33.7 Å². The summed E-state index contributed by atoms with van der Waals surface area (Å²) in [6.07, 6.45) is 13.3. The lowest BCUT2D eigenvalue weighted by Gasteiger charge is -2.41. The molecule has 1 spiro atoms. The third-order valence-electron chi connectivity index (χ3n) is 9.02. The number of carbonyl (C=O) groups excluding carboxylic acids is 3. The van der Waals surface area contributed by atoms with Gasteiger partial charge in [0.1, 0.15) is 11.6 Å². The molecular formula is C30H45BrN2O6. The molecule has 3 unspecified atom stereocenters. The van der Waals surface area contributed by atoms with Gasteiger partial charge in [0, 0.05) is 30.6 Å². The quantitative estimate of drug-likeness (QED) is 0.130. The predicted octanol–water partition coefficient (Wildman–Crippen LogP) is 4.14. The van der Waals surface area contributed by atoms with E-state index in [4.69, 9.17) is 9.47 Å². The average molecular weight is 610 g/mol. The van der Waals surface area contributed by atoms with E-state index in [1.165, 1.54) is 6.42 Å². The van der Waals surface area contributed by atoms with Crippen molar-refractivity contribution in [3.63, 3.8) is 0 Å². The first-order valence-corrected chi connectivity index (χ1v) is 15.7. The molecule has 3 heterocycles. The van der Waals surface area contributed by atoms with Crippen molar-refractivity contribution in [1.82, 2.24) is 9.80 Å². The SMILES string of the molecule is C=CCCCCOC(=O)[C@H]1[C@H]2C(=O)N(CCCCCO)C(C(=O)N(CC=C)C3CCCCC3)C23CC(Br)[C@@H]1O3. The lowest BCUT2D eigenvalue weighted by Crippen LogP contribution is -2.58. The van der Waals surface area contributed by atoms with E-state index in [0.29, 0.717) is 39.0 Å². The zero-order chi connectivity index (χ0) is 28.0. The number of esters is 1. The van der Waals surface area contributed by atoms with Crippen molar-refractivity contribution in [2.75, 3.05) is 26.3 Å². The predicted molar refractivity (Wildman–Crippen MR) is 152 cm³/mol. The van der Waals surface area contributed by atoms with E-state index in [9.17, 15) is 19.5 Å². The summed E-state index contributed by atoms with van der Waals surface area (Å²) >= 11 is 3.73. The maximum absolute atomic E-state index is 14.5. The number of rotatable bonds is 15. The number of fused-ring (bicyclic) bond motifs is 1. The first kappa shape index (κ1) is 30.3. The molecule has 218 valence electrons. The Labute approximate surface area is 241 Å². The van der Waals surface area contributed by atoms with E-state index < -0.39 is 35.6 Å². The van der Waals surface area contributed by atoms with Crippen LogP contribution in [0.4, 0.5) is 0 Å². The lowest BCUT2D eigenvalue weighted by atomic mass is 9.70. The van der Waals surface area contributed by atoms with Crippen LogP contribution >= 0.6 is 15.9 Å². The van der Waals surface area contributed by atoms with Gasteiger partial charge in [-0.25, -0.2) is 0 Å². The fourth-order valence-corrected chi connectivity index (χ4v) is 8.20. The number of hydrogen-bond donors (Lipinski definition) is 1. The summed E-state index contributed by atoms with van der Waals surface area (Å²) in [6.45, 7) is 8.84. The lowest BCUT2D eigenvalue weighted by molar-refractivity contribution is -0.155. The van der Waals surface area contributed by atoms with E-state index in [-0.39, 0.29) is 29.3 Å². The van der Waals surface area contributed by atoms with Gasteiger partial charge in [0.2, 0.25) is 11.8 Å². The molecule has 6 atom stereocenters. The number of halogens is 1. The minimum absolute atomic E-state index is 0.0917. The number of likely N-dealkylation sites (tertiary alicyclic amines) is 1. The summed E-state index contributed by atoms with van der Waals surface area (Å²) in [4.78, 5) is 45.5. The van der Waals surface area contributed by atoms with E-state index >= 15 is 0 Å². The van der Waals surface area contributed by atoms with Gasteiger partial charge >= 0.3 is 5.97 Å². The summed E-state index contributed by atoms with van der Waals surface area (Å²) in [5.41, 5.74) is -1.06. The standard InChI is InChI=1S/C30H45BrN2O6/c1-3-5-6-13-19-38-29(37)23-24-27(35)33(17-11-8-12-18-34)26(30(24)20-22(31)25(23)39-30)28(36)32(16-4-2)21-14-9-7-10-15-21/h3-4,21-26,34H,1-2,5-20H2/t22?,23-,24-,25-,26?,30?/m0/s1. The van der Waals surface area contributed by atoms with Crippen molar-refractivity contribution in [2.24, 2.45) is 11.8 Å². The second kappa shape index (κ2) is 13.8. The van der Waals surface area contributed by atoms with Crippen molar-refractivity contribution in [2.45, 2.75) is 106 Å². The zero-order valence-corrected chi connectivity index (χ0v) is 24.7. The maximum Gasteiger partial charge on any atom is 0.312 e. The molecule has 0 aromatic rings. The summed E-state index contributed by atoms with van der Waals surface area (Å²) < 4.78 is 12.3. The molecule has 4 rings (SSSR count). The number of ether oxygens (including phenoxy) is 2. The summed E-state index contributed by atoms with van der Waals surface area (Å²) in [5.74, 6) is -2.17. The summed E-state index contributed by atoms with van der Waals surface area (Å²) in [5, 5.41) is 9.25. The number of amides is 2. The average Bonchev–Trinajstić information content (AvgIpc) is 3.53. The highest BCUT2D eigenvalue weighted by atomic mass is 79.9. The Morgan fingerprint density at radius 1 is 1.13 bits per heavy atom. The van der Waals surface area contributed by atoms with Gasteiger partial charge < -0.3 is 24.4 Å². The van der Waals surface area contributed by atoms with Crippen LogP contribution in [-0.4, -0.2) is 87.6 Å². The van der Waals surface area contributed by atoms with Gasteiger partial charge in [0.15, 0.2) is 0 Å². The minimum Gasteiger partial charge on any atom is -0.465 e. The molecule has 4 fully saturated rings. The highest BCUT2D eigenvalue weighted by Gasteiger charge is 2.77. The molecule has 3 saturated heterocycles. The normalized spacial score (nSPS) is 31.8. The van der Waals surface area contributed by atoms with Crippen LogP contribution in [0.2, 0.25) is 0 Å². The van der Waals surface area contributed by atoms with Gasteiger partial charge in [0.05, 0.1) is 24.5 Å². The molecule has 1 aliphatic carbocycles. The Morgan fingerprint density at radius 2 is 1.90 bits per heavy atom. The van der Waals surface area contributed by atoms with Crippen LogP contribution in [0.15, 0.2) is 25.3 Å². The van der Waals surface area contributed by atoms with Gasteiger partial charge in [0.25, 0.3) is 0 Å². The van der Waals surface area contributed by atoms with Crippen LogP contribution in [0.3, 0.4) is 0 Å². The Hall–Kier alpha value is -1.71. The smallest absolute Gasteiger partial charge is 0.312 e. The monoisotopic (exact) mass is 608 g/mol. The number of alkyl halides is 1. The first-order valence-electron chi connectivity index (χ1n) is 14.8. The largest absolute Gasteiger partial charge is 0.465 e. The van der Waals surface area contributed by atoms with Gasteiger partial charge in [-0.2, -0.15) is 0 Å². The van der Waals surface area contributed by atoms with Crippen molar-refractivity contribution in [3.8, 4) is 0 Å². The van der Waals surface area contributed by atoms with Crippen LogP contribution in [0.25, 0.3) is 0 Å². The van der Waals surface area contributed by atoms with E-state index in [2.05, 4.69) is 29.1 Å². The van der Waals surface area contributed by atoms with Gasteiger partial charge in [-0.05, 0) is 57.8 Å². The highest BCUT2D eigenvalue weighted by Crippen LogP contribution is 2.60. The molecular weight excluding hydrogens is 564 g/mol. The first-order chi connectivity index (χ1) is 18.9. The van der Waals surface area contributed by atoms with Crippen LogP contribution in [-0.2, 0) is 23.9 Å². The van der Waals surface area contributed by atoms with Crippen LogP contribution in [0.1, 0.15) is 77.0 Å². The maximum atomic E-state index is 14.5. The van der Waals surface area contributed by atoms with Crippen LogP contribution in [0, 0.1) is 11.8 Å². The molecule has 0 aromatic carbocycles. The van der Waals surface area contributed by atoms with Gasteiger partial charge in [-0.3, -0.25) is 14.4 Å². The van der Waals surface area contributed by atoms with Crippen molar-refractivity contribution in [3.05, 3.63) is 25.3 Å². The number of nitrogens with zero attached hydrogens (tertiary/aromatic N) is 2. The molecule has 2 amide bonds. The Morgan fingerprint density at radius 3 is 2.59 bits per heavy atom. The zero-order valence-electron chi connectivity index (χ0n) is 23.1. The van der Waals surface area contributed by atoms with E-state index in [0.717, 1.165) is 51.4 Å². The molecule has 1 N–H and O–H groups in total. The fourth-order valence-electron chi connectivity index (χ4n) is 7.26. The molecule has 0 aromatic heterocycles. The Kier molecular flexibility index (Phi) is 10.7. The number of aliphatic hydroxyl groups excluding tert-OH is 1. The van der Waals surface area contributed by atoms with Gasteiger partial charge in [-0.15, -0.1) is 13.2 Å². The number of unbranched alkanes of at least 4 members (excludes halogenated alkanes) is 4. The third kappa shape index (κ3) is 6.01. The minimum atomic E-state index is -1.06. The molecule has 0 radical (unpaired) electrons. The topological polar surface area (TPSA) is 96.4 Å². The molecule has 2 bridgehead atoms. The second-order valence-corrected chi connectivity index (χ2v) is 12.7. The Balaban J connectivity index is 1.62. The van der Waals surface area contributed by atoms with Crippen molar-refractivity contribution in [1.29, 1.82) is 0 Å². The van der Waals surface area contributed by atoms with E-state index in [1.807, 2.05) is 11.0 Å². The number of aliphatic hydroxyl groups is 1. The Bertz CT molecular complexity index is 908. The third-order valence-corrected chi connectivity index (χ3v) is 9.87. The molecule has 8 nitrogen and oxygen atoms in total. The number of allylic oxidation sites excluding steroid dienone is 1.